The number of carboxylic acid groups (broad SMARTS) is 2. The van der Waals surface area contributed by atoms with Crippen molar-refractivity contribution in [2.24, 2.45) is 55.4 Å². The minimum Gasteiger partial charge on any atom is -0.512 e. The van der Waals surface area contributed by atoms with Gasteiger partial charge < -0.3 is 83.4 Å². The van der Waals surface area contributed by atoms with Gasteiger partial charge in [-0.1, -0.05) is 176 Å². The third-order valence-corrected chi connectivity index (χ3v) is 15.2. The number of nitrogens with zero attached hydrogens (tertiary/aromatic N) is 5. The van der Waals surface area contributed by atoms with Crippen molar-refractivity contribution in [3.05, 3.63) is 109 Å². The summed E-state index contributed by atoms with van der Waals surface area (Å²) in [6, 6.07) is 24.4. The number of alkyl carbamates (subject to hydrolysis) is 1. The Morgan fingerprint density at radius 2 is 0.911 bits per heavy atom. The molecular formula is C86H147BCl2N14NaO19. The fraction of sp³-hybridized carbons (Fsp3) is 0.581. The van der Waals surface area contributed by atoms with Crippen molar-refractivity contribution in [3.63, 3.8) is 0 Å². The van der Waals surface area contributed by atoms with Crippen LogP contribution in [0.4, 0.5) is 14.4 Å². The van der Waals surface area contributed by atoms with Gasteiger partial charge in [-0.3, -0.25) is 53.8 Å². The van der Waals surface area contributed by atoms with Crippen LogP contribution in [0, 0.1) is 44.8 Å². The van der Waals surface area contributed by atoms with Crippen molar-refractivity contribution in [2.45, 2.75) is 244 Å². The Balaban J connectivity index is -0.000000131. The predicted octanol–water partition coefficient (Wildman–Crippen LogP) is 10.1. The van der Waals surface area contributed by atoms with Gasteiger partial charge in [0, 0.05) is 64.3 Å². The zero-order valence-corrected chi connectivity index (χ0v) is 80.7. The van der Waals surface area contributed by atoms with E-state index in [0.29, 0.717) is 0 Å². The number of carboxylic acids is 2. The quantitative estimate of drug-likeness (QED) is 0.00425. The number of benzene rings is 2. The molecule has 0 unspecified atom stereocenters. The zero-order chi connectivity index (χ0) is 93.5. The normalized spacial score (nSPS) is 11.6. The summed E-state index contributed by atoms with van der Waals surface area (Å²) in [4.78, 5) is 143. The molecule has 0 spiro atoms. The molecule has 0 aliphatic carbocycles. The van der Waals surface area contributed by atoms with Crippen molar-refractivity contribution < 1.29 is 121 Å². The minimum atomic E-state index is -1.00. The Morgan fingerprint density at radius 1 is 0.553 bits per heavy atom. The number of aromatic nitrogens is 2. The molecule has 0 aliphatic rings. The Labute approximate surface area is 768 Å². The number of hydrogen-bond acceptors (Lipinski definition) is 25. The molecule has 0 saturated heterocycles. The average molecular weight is 1790 g/mol. The third-order valence-electron chi connectivity index (χ3n) is 15.0. The van der Waals surface area contributed by atoms with Crippen LogP contribution in [0.2, 0.25) is 0 Å². The van der Waals surface area contributed by atoms with Crippen LogP contribution < -0.4 is 83.7 Å². The number of halogens is 2. The van der Waals surface area contributed by atoms with E-state index in [-0.39, 0.29) is 131 Å². The molecule has 2 aromatic heterocycles. The number of rotatable bonds is 21. The van der Waals surface area contributed by atoms with Crippen molar-refractivity contribution >= 4 is 109 Å². The summed E-state index contributed by atoms with van der Waals surface area (Å²) in [6.45, 7) is 56.8. The van der Waals surface area contributed by atoms with Gasteiger partial charge in [0.15, 0.2) is 11.6 Å². The second-order valence-electron chi connectivity index (χ2n) is 32.9. The number of hydrazine groups is 1. The molecule has 0 aliphatic heterocycles. The topological polar surface area (TPSA) is 507 Å². The number of hydrazone groups is 1. The Kier molecular flexibility index (Phi) is 78.1. The van der Waals surface area contributed by atoms with Crippen molar-refractivity contribution in [1.82, 2.24) is 47.0 Å². The van der Waals surface area contributed by atoms with Gasteiger partial charge in [0.2, 0.25) is 23.6 Å². The summed E-state index contributed by atoms with van der Waals surface area (Å²) >= 11 is 4.60. The van der Waals surface area contributed by atoms with Crippen LogP contribution in [-0.2, 0) is 62.1 Å². The predicted molar refractivity (Wildman–Crippen MR) is 485 cm³/mol. The number of methoxy groups -OCH3 is 3. The van der Waals surface area contributed by atoms with Crippen LogP contribution in [0.1, 0.15) is 214 Å². The van der Waals surface area contributed by atoms with Gasteiger partial charge in [-0.15, -0.1) is 12.4 Å². The number of nitrogens with one attached hydrogen (secondary N) is 6. The van der Waals surface area contributed by atoms with Crippen molar-refractivity contribution in [3.8, 4) is 28.3 Å². The molecule has 33 nitrogen and oxygen atoms in total. The Bertz CT molecular complexity index is 3660. The maximum atomic E-state index is 12.4. The van der Waals surface area contributed by atoms with E-state index in [1.807, 2.05) is 153 Å². The molecule has 6 amide bonds. The molecule has 0 fully saturated rings. The zero-order valence-electron chi connectivity index (χ0n) is 77.1. The maximum Gasteiger partial charge on any atom is 1.00 e. The third kappa shape index (κ3) is 72.9. The SMILES string of the molecule is C.C.CC(=O)N[C@H](C(=O)CN)C(C)(C)C.CC(=O)N[C@H](C(=O)CNC(=O)OC(C)(C)C)C(C)(C)C.CC(=O)N[C@H](C(=O)O)C(C)(C)C.CC(C)(C)OC(=O)NN.CC(C)(C)[C@@H](N)C(=O)O.CCN(CC)CC.COC(=O)C[C@@H](C(=O)N/N=C\c1ccc(-c2ccccn2)cc1)C(C)(C)C.COC(=O)Cl.COc1ccc(-c2ccccn2)cc1.Cl.[B].[C-]#N.[Na+]. The summed E-state index contributed by atoms with van der Waals surface area (Å²) < 4.78 is 23.4. The first-order valence-electron chi connectivity index (χ1n) is 37.6. The monoisotopic (exact) mass is 1780 g/mol. The molecule has 2 heterocycles. The second-order valence-corrected chi connectivity index (χ2v) is 33.2. The minimum absolute atomic E-state index is 0. The van der Waals surface area contributed by atoms with E-state index in [9.17, 15) is 57.5 Å². The van der Waals surface area contributed by atoms with E-state index >= 15 is 0 Å². The summed E-state index contributed by atoms with van der Waals surface area (Å²) in [5, 5.41) is 37.4. The summed E-state index contributed by atoms with van der Waals surface area (Å²) in [5.74, 6) is 1.20. The number of Topliss-reactive ketones (excluding diaryl/α,β-unsaturated/α-hetero) is 2. The number of pyridine rings is 2. The molecule has 0 saturated carbocycles. The summed E-state index contributed by atoms with van der Waals surface area (Å²) in [7, 11) is 4.19. The van der Waals surface area contributed by atoms with E-state index < -0.39 is 93.1 Å². The van der Waals surface area contributed by atoms with E-state index in [4.69, 9.17) is 53.6 Å². The standard InChI is InChI=1S/C21H25N3O3.C14H26N2O4.C12H11NO.C9H18N2O2.C8H15NO3.C6H13NO2.C6H15N.C5H12N2O2.C2H3ClO2.CN.2CH4.B.ClH.Na/c1-21(2,3)17(13-19(25)27-4)20(26)24-23-14-15-8-10-16(11-9-15)18-7-5-6-12-22-18;1-9(17)16-11(13(2,3)4)10(18)8-15-12(19)20-14(5,6)7;1-14-11-7-5-10(6-8-11)12-4-2-3-9-13-12;1-6(12)11-8(7(13)5-10)9(2,3)4;1-5(10)9-6(7(11)12)8(2,3)4;1-6(2,3)4(7)5(8)9;1-4-7(5-2)6-3;1-5(2,3)9-4(8)7-6;1-5-2(3)4;1-2;;;;;/h5-12,14,17H,13H2,1-4H3,(H,24,26);11H,8H2,1-7H3,(H,15,19)(H,16,17);2-9H,1H3;8H,5,10H2,1-4H3,(H,11,12);6H,1-4H3,(H,9,10)(H,11,12);4H,7H2,1-3H3,(H,8,9);4-6H2,1-3H3;6H2,1-3H3,(H,7,8);1H3;;2*1H4;;1H;/q;;;;;;;;;-1;;;;;+1/b23-14-;;;;;;;;;;;;;;/t17-;11-;;8-;6-;4-;;;;;;;;;/m01.110........./s1. The number of ether oxygens (including phenoxy) is 5. The molecule has 14 N–H and O–H groups in total. The number of esters is 1. The largest absolute Gasteiger partial charge is 1.00 e. The molecule has 4 rings (SSSR count). The van der Waals surface area contributed by atoms with Gasteiger partial charge in [0.25, 0.3) is 0 Å². The average Bonchev–Trinajstić information content (AvgIpc) is 0.855. The van der Waals surface area contributed by atoms with E-state index in [0.717, 1.165) is 33.8 Å². The molecule has 2 aromatic carbocycles. The first-order valence-corrected chi connectivity index (χ1v) is 38.0. The van der Waals surface area contributed by atoms with E-state index in [1.54, 1.807) is 109 Å². The first kappa shape index (κ1) is 137. The van der Waals surface area contributed by atoms with Crippen molar-refractivity contribution in [2.75, 3.05) is 54.1 Å². The number of hydrogen-bond donors (Lipinski definition) is 11. The number of carbonyl (C=O) groups is 12. The first-order chi connectivity index (χ1) is 54.0. The van der Waals surface area contributed by atoms with Gasteiger partial charge in [-0.05, 0) is 142 Å². The number of amides is 6. The maximum absolute atomic E-state index is 12.4. The van der Waals surface area contributed by atoms with Gasteiger partial charge in [-0.2, -0.15) is 5.10 Å². The fourth-order valence-corrected chi connectivity index (χ4v) is 8.72. The van der Waals surface area contributed by atoms with Gasteiger partial charge in [0.1, 0.15) is 29.0 Å². The van der Waals surface area contributed by atoms with Crippen LogP contribution in [0.3, 0.4) is 0 Å². The van der Waals surface area contributed by atoms with Crippen molar-refractivity contribution in [1.29, 1.82) is 5.26 Å². The second kappa shape index (κ2) is 70.1. The number of aliphatic carboxylic acids is 2. The van der Waals surface area contributed by atoms with Crippen LogP contribution in [0.15, 0.2) is 102 Å². The van der Waals surface area contributed by atoms with Gasteiger partial charge >= 0.3 is 65.1 Å². The molecule has 4 aromatic rings. The van der Waals surface area contributed by atoms with Crippen LogP contribution >= 0.6 is 24.0 Å². The molecule has 3 radical (unpaired) electrons. The Morgan fingerprint density at radius 3 is 1.15 bits per heavy atom. The number of nitrogens with two attached hydrogens (primary N) is 3. The molecule has 5 atom stereocenters. The summed E-state index contributed by atoms with van der Waals surface area (Å²) in [6.07, 6.45) is 3.86. The van der Waals surface area contributed by atoms with Crippen LogP contribution in [-0.4, -0.2) is 200 Å². The molecular weight excluding hydrogens is 1640 g/mol. The smallest absolute Gasteiger partial charge is 0.512 e. The number of ketones is 2. The molecule has 0 bridgehead atoms. The molecule has 693 valence electrons. The Hall–Kier alpha value is -9.18. The molecule has 37 heteroatoms. The fourth-order valence-electron chi connectivity index (χ4n) is 8.72. The van der Waals surface area contributed by atoms with Crippen LogP contribution in [0.5, 0.6) is 5.75 Å². The van der Waals surface area contributed by atoms with Gasteiger partial charge in [0.05, 0.1) is 76.4 Å². The van der Waals surface area contributed by atoms with E-state index in [2.05, 4.69) is 88.5 Å². The van der Waals surface area contributed by atoms with Gasteiger partial charge in [-0.25, -0.2) is 30.4 Å². The van der Waals surface area contributed by atoms with Crippen LogP contribution in [0.25, 0.3) is 22.5 Å². The van der Waals surface area contributed by atoms with E-state index in [1.165, 1.54) is 54.6 Å². The summed E-state index contributed by atoms with van der Waals surface area (Å²) in [5.41, 5.74) is 16.0. The molecule has 123 heavy (non-hydrogen) atoms. The number of carbonyl (C=O) groups excluding carboxylic acids is 10.